The number of hydrogen-bond donors (Lipinski definition) is 1. The molecule has 1 aromatic heterocycles. The first kappa shape index (κ1) is 28.7. The summed E-state index contributed by atoms with van der Waals surface area (Å²) in [5, 5.41) is 0.0571. The van der Waals surface area contributed by atoms with Gasteiger partial charge in [0.1, 0.15) is 23.7 Å². The molecule has 2 rings (SSSR count). The van der Waals surface area contributed by atoms with Crippen molar-refractivity contribution in [3.63, 3.8) is 0 Å². The number of hydrogen-bond acceptors (Lipinski definition) is 8. The van der Waals surface area contributed by atoms with Crippen molar-refractivity contribution in [3.8, 4) is 0 Å². The Labute approximate surface area is 205 Å². The molecule has 194 valence electrons. The zero-order valence-electron chi connectivity index (χ0n) is 22.6. The molecule has 1 saturated heterocycles. The van der Waals surface area contributed by atoms with E-state index in [1.54, 1.807) is 0 Å². The van der Waals surface area contributed by atoms with Crippen LogP contribution in [0, 0.1) is 0 Å². The van der Waals surface area contributed by atoms with Crippen LogP contribution in [-0.2, 0) is 18.3 Å². The van der Waals surface area contributed by atoms with Gasteiger partial charge in [0, 0.05) is 12.6 Å². The number of nitrogens with two attached hydrogens (primary N) is 1. The second-order valence-electron chi connectivity index (χ2n) is 12.1. The molecule has 1 aromatic rings. The molecule has 11 heteroatoms. The van der Waals surface area contributed by atoms with E-state index in [4.69, 9.17) is 24.1 Å². The molecular weight excluding hydrogens is 470 g/mol. The molecule has 0 aliphatic carbocycles. The molecule has 1 fully saturated rings. The van der Waals surface area contributed by atoms with Gasteiger partial charge in [-0.3, -0.25) is 4.57 Å². The van der Waals surface area contributed by atoms with Gasteiger partial charge in [0.2, 0.25) is 0 Å². The molecule has 34 heavy (non-hydrogen) atoms. The van der Waals surface area contributed by atoms with Crippen molar-refractivity contribution < 1.29 is 23.1 Å². The lowest BCUT2D eigenvalue weighted by molar-refractivity contribution is -0.0412. The Morgan fingerprint density at radius 2 is 1.71 bits per heavy atom. The SMILES string of the molecule is COC(=O)c1cn([C@H]2C[C@H](O[Si](C)(C)C(C)(C)C)[C@@H](CO[Si](C)(C)C(C)(C)C)O2)c(=O)nc1N. The molecule has 0 radical (unpaired) electrons. The van der Waals surface area contributed by atoms with Crippen molar-refractivity contribution in [2.75, 3.05) is 19.5 Å². The highest BCUT2D eigenvalue weighted by Gasteiger charge is 2.47. The second kappa shape index (κ2) is 9.84. The van der Waals surface area contributed by atoms with Crippen LogP contribution < -0.4 is 11.4 Å². The average Bonchev–Trinajstić information content (AvgIpc) is 3.06. The smallest absolute Gasteiger partial charge is 0.351 e. The van der Waals surface area contributed by atoms with E-state index in [-0.39, 0.29) is 33.7 Å². The third-order valence-corrected chi connectivity index (χ3v) is 16.5. The summed E-state index contributed by atoms with van der Waals surface area (Å²) in [5.41, 5.74) is 5.22. The van der Waals surface area contributed by atoms with Gasteiger partial charge >= 0.3 is 11.7 Å². The number of methoxy groups -OCH3 is 1. The van der Waals surface area contributed by atoms with Gasteiger partial charge in [0.25, 0.3) is 0 Å². The Morgan fingerprint density at radius 3 is 2.21 bits per heavy atom. The molecule has 0 unspecified atom stereocenters. The summed E-state index contributed by atoms with van der Waals surface area (Å²) in [6, 6.07) is 0. The number of nitrogen functional groups attached to an aromatic ring is 1. The van der Waals surface area contributed by atoms with Crippen molar-refractivity contribution in [1.29, 1.82) is 0 Å². The number of carbonyl (C=O) groups excluding carboxylic acids is 1. The summed E-state index contributed by atoms with van der Waals surface area (Å²) in [7, 11) is -2.91. The first-order chi connectivity index (χ1) is 15.3. The Balaban J connectivity index is 2.39. The third kappa shape index (κ3) is 6.17. The summed E-state index contributed by atoms with van der Waals surface area (Å²) in [4.78, 5) is 28.6. The maximum absolute atomic E-state index is 12.7. The highest BCUT2D eigenvalue weighted by molar-refractivity contribution is 6.74. The van der Waals surface area contributed by atoms with Crippen LogP contribution in [0.25, 0.3) is 0 Å². The number of rotatable bonds is 7. The lowest BCUT2D eigenvalue weighted by Gasteiger charge is -2.40. The quantitative estimate of drug-likeness (QED) is 0.424. The molecule has 1 aliphatic rings. The van der Waals surface area contributed by atoms with Crippen LogP contribution >= 0.6 is 0 Å². The monoisotopic (exact) mass is 513 g/mol. The number of anilines is 1. The fraction of sp³-hybridized carbons (Fsp3) is 0.783. The Hall–Kier alpha value is -1.54. The predicted molar refractivity (Wildman–Crippen MR) is 138 cm³/mol. The third-order valence-electron chi connectivity index (χ3n) is 7.54. The molecule has 0 bridgehead atoms. The Kier molecular flexibility index (Phi) is 8.31. The Morgan fingerprint density at radius 1 is 1.15 bits per heavy atom. The number of esters is 1. The molecule has 1 aliphatic heterocycles. The highest BCUT2D eigenvalue weighted by atomic mass is 28.4. The molecular formula is C23H43N3O6Si2. The molecule has 3 atom stereocenters. The summed E-state index contributed by atoms with van der Waals surface area (Å²) >= 11 is 0. The molecule has 0 amide bonds. The van der Waals surface area contributed by atoms with Crippen LogP contribution in [0.2, 0.25) is 36.3 Å². The fourth-order valence-corrected chi connectivity index (χ4v) is 5.53. The lowest BCUT2D eigenvalue weighted by atomic mass is 10.2. The molecule has 2 heterocycles. The summed E-state index contributed by atoms with van der Waals surface area (Å²) in [6.07, 6.45) is 0.513. The van der Waals surface area contributed by atoms with Crippen molar-refractivity contribution in [1.82, 2.24) is 9.55 Å². The van der Waals surface area contributed by atoms with Gasteiger partial charge in [-0.05, 0) is 36.3 Å². The number of nitrogens with zero attached hydrogens (tertiary/aromatic N) is 2. The van der Waals surface area contributed by atoms with Crippen LogP contribution in [0.1, 0.15) is 64.5 Å². The largest absolute Gasteiger partial charge is 0.465 e. The van der Waals surface area contributed by atoms with Gasteiger partial charge in [-0.15, -0.1) is 0 Å². The number of ether oxygens (including phenoxy) is 2. The van der Waals surface area contributed by atoms with E-state index in [2.05, 4.69) is 72.7 Å². The topological polar surface area (TPSA) is 115 Å². The van der Waals surface area contributed by atoms with Crippen LogP contribution in [0.5, 0.6) is 0 Å². The summed E-state index contributed by atoms with van der Waals surface area (Å²) < 4.78 is 25.6. The van der Waals surface area contributed by atoms with E-state index in [0.29, 0.717) is 13.0 Å². The average molecular weight is 514 g/mol. The minimum atomic E-state index is -2.13. The van der Waals surface area contributed by atoms with E-state index < -0.39 is 34.5 Å². The van der Waals surface area contributed by atoms with Gasteiger partial charge in [-0.1, -0.05) is 41.5 Å². The normalized spacial score (nSPS) is 22.1. The summed E-state index contributed by atoms with van der Waals surface area (Å²) in [6.45, 7) is 22.3. The van der Waals surface area contributed by atoms with Crippen LogP contribution in [-0.4, -0.2) is 58.1 Å². The summed E-state index contributed by atoms with van der Waals surface area (Å²) in [5.74, 6) is -0.832. The van der Waals surface area contributed by atoms with Gasteiger partial charge in [0.15, 0.2) is 16.6 Å². The van der Waals surface area contributed by atoms with E-state index in [1.165, 1.54) is 17.9 Å². The van der Waals surface area contributed by atoms with Crippen LogP contribution in [0.4, 0.5) is 5.82 Å². The van der Waals surface area contributed by atoms with Crippen molar-refractivity contribution in [2.45, 2.75) is 103 Å². The van der Waals surface area contributed by atoms with Gasteiger partial charge in [-0.2, -0.15) is 4.98 Å². The van der Waals surface area contributed by atoms with Crippen molar-refractivity contribution >= 4 is 28.4 Å². The maximum atomic E-state index is 12.7. The van der Waals surface area contributed by atoms with E-state index in [9.17, 15) is 9.59 Å². The molecule has 2 N–H and O–H groups in total. The van der Waals surface area contributed by atoms with Gasteiger partial charge < -0.3 is 24.1 Å². The van der Waals surface area contributed by atoms with Gasteiger partial charge in [0.05, 0.1) is 19.8 Å². The molecule has 0 spiro atoms. The maximum Gasteiger partial charge on any atom is 0.351 e. The molecule has 0 aromatic carbocycles. The van der Waals surface area contributed by atoms with Crippen molar-refractivity contribution in [3.05, 3.63) is 22.2 Å². The van der Waals surface area contributed by atoms with Crippen molar-refractivity contribution in [2.24, 2.45) is 0 Å². The first-order valence-electron chi connectivity index (χ1n) is 11.7. The zero-order chi connectivity index (χ0) is 26.3. The highest BCUT2D eigenvalue weighted by Crippen LogP contribution is 2.42. The first-order valence-corrected chi connectivity index (χ1v) is 17.6. The fourth-order valence-electron chi connectivity index (χ4n) is 3.16. The van der Waals surface area contributed by atoms with E-state index in [1.807, 2.05) is 0 Å². The Bertz CT molecular complexity index is 949. The van der Waals surface area contributed by atoms with E-state index >= 15 is 0 Å². The zero-order valence-corrected chi connectivity index (χ0v) is 24.6. The van der Waals surface area contributed by atoms with Crippen LogP contribution in [0.3, 0.4) is 0 Å². The second-order valence-corrected chi connectivity index (χ2v) is 21.6. The minimum absolute atomic E-state index is 0.00751. The standard InChI is InChI=1S/C23H43N3O6Si2/c1-22(2,3)33(8,9)30-14-17-16(32-34(10,11)23(4,5)6)12-18(31-17)26-13-15(20(27)29-7)19(24)25-21(26)28/h13,16-18H,12,14H2,1-11H3,(H2,24,25,28)/t16-,17+,18+/m0/s1. The van der Waals surface area contributed by atoms with Crippen LogP contribution in [0.15, 0.2) is 11.0 Å². The molecule has 9 nitrogen and oxygen atoms in total. The molecule has 0 saturated carbocycles. The lowest BCUT2D eigenvalue weighted by Crippen LogP contribution is -2.48. The van der Waals surface area contributed by atoms with Gasteiger partial charge in [-0.25, -0.2) is 9.59 Å². The minimum Gasteiger partial charge on any atom is -0.465 e. The number of aromatic nitrogens is 2. The predicted octanol–water partition coefficient (Wildman–Crippen LogP) is 4.31. The number of carbonyl (C=O) groups is 1. The van der Waals surface area contributed by atoms with E-state index in [0.717, 1.165) is 0 Å².